The Balaban J connectivity index is 0.000000236. The van der Waals surface area contributed by atoms with Crippen molar-refractivity contribution in [1.29, 1.82) is 0 Å². The van der Waals surface area contributed by atoms with Crippen molar-refractivity contribution in [3.63, 3.8) is 0 Å². The van der Waals surface area contributed by atoms with Gasteiger partial charge in [-0.1, -0.05) is 58.5 Å². The van der Waals surface area contributed by atoms with Crippen LogP contribution in [0.4, 0.5) is 9.59 Å². The van der Waals surface area contributed by atoms with Crippen molar-refractivity contribution in [2.24, 2.45) is 11.8 Å². The second-order valence-electron chi connectivity index (χ2n) is 12.7. The zero-order valence-corrected chi connectivity index (χ0v) is 28.5. The minimum absolute atomic E-state index is 0.0187. The van der Waals surface area contributed by atoms with Crippen LogP contribution in [-0.4, -0.2) is 71.6 Å². The number of ether oxygens (including phenoxy) is 3. The van der Waals surface area contributed by atoms with Crippen molar-refractivity contribution >= 4 is 58.6 Å². The number of halogens is 4. The highest BCUT2D eigenvalue weighted by molar-refractivity contribution is 6.42. The molecule has 2 fully saturated rings. The minimum atomic E-state index is -0.668. The van der Waals surface area contributed by atoms with E-state index in [0.717, 1.165) is 5.56 Å². The topological polar surface area (TPSA) is 88.5 Å². The van der Waals surface area contributed by atoms with E-state index in [9.17, 15) is 14.7 Å². The summed E-state index contributed by atoms with van der Waals surface area (Å²) in [5.74, 6) is 0.199. The van der Waals surface area contributed by atoms with Gasteiger partial charge in [-0.15, -0.1) is 0 Å². The number of amides is 2. The van der Waals surface area contributed by atoms with E-state index in [4.69, 9.17) is 60.6 Å². The number of carbonyl (C=O) groups excluding carboxylic acids is 2. The molecule has 0 bridgehead atoms. The van der Waals surface area contributed by atoms with E-state index in [1.165, 1.54) is 0 Å². The molecule has 2 aromatic carbocycles. The molecule has 238 valence electrons. The van der Waals surface area contributed by atoms with E-state index in [0.29, 0.717) is 51.8 Å². The van der Waals surface area contributed by atoms with E-state index in [1.54, 1.807) is 41.2 Å². The van der Waals surface area contributed by atoms with Gasteiger partial charge in [-0.05, 0) is 76.9 Å². The molecule has 2 heterocycles. The monoisotopic (exact) mass is 676 g/mol. The molecule has 2 aliphatic heterocycles. The van der Waals surface area contributed by atoms with Crippen LogP contribution in [0.25, 0.3) is 0 Å². The number of hydrogen-bond donors (Lipinski definition) is 1. The number of aliphatic hydroxyl groups is 1. The zero-order chi connectivity index (χ0) is 32.3. The highest BCUT2D eigenvalue weighted by Crippen LogP contribution is 2.36. The van der Waals surface area contributed by atoms with Crippen LogP contribution in [0.15, 0.2) is 36.4 Å². The van der Waals surface area contributed by atoms with Gasteiger partial charge >= 0.3 is 12.2 Å². The summed E-state index contributed by atoms with van der Waals surface area (Å²) in [5.41, 5.74) is 0.681. The lowest BCUT2D eigenvalue weighted by molar-refractivity contribution is -0.0448. The summed E-state index contributed by atoms with van der Waals surface area (Å²) in [6.45, 7) is 13.2. The fraction of sp³-hybridized carbons (Fsp3) is 0.548. The van der Waals surface area contributed by atoms with Crippen LogP contribution < -0.4 is 0 Å². The van der Waals surface area contributed by atoms with E-state index >= 15 is 0 Å². The number of nitrogens with zero attached hydrogens (tertiary/aromatic N) is 2. The van der Waals surface area contributed by atoms with Crippen molar-refractivity contribution in [3.05, 3.63) is 67.6 Å². The molecule has 43 heavy (non-hydrogen) atoms. The molecule has 2 saturated heterocycles. The Morgan fingerprint density at radius 1 is 0.721 bits per heavy atom. The number of aliphatic hydroxyl groups excluding tert-OH is 1. The highest BCUT2D eigenvalue weighted by Gasteiger charge is 2.40. The molecular weight excluding hydrogens is 638 g/mol. The van der Waals surface area contributed by atoms with Gasteiger partial charge < -0.3 is 29.1 Å². The maximum absolute atomic E-state index is 12.0. The van der Waals surface area contributed by atoms with Gasteiger partial charge in [0, 0.05) is 45.1 Å². The molecule has 2 aromatic rings. The fourth-order valence-electron chi connectivity index (χ4n) is 4.63. The first-order valence-electron chi connectivity index (χ1n) is 13.9. The molecule has 2 amide bonds. The average Bonchev–Trinajstić information content (AvgIpc) is 2.81. The molecule has 12 heteroatoms. The van der Waals surface area contributed by atoms with Crippen molar-refractivity contribution < 1.29 is 28.9 Å². The number of hydrogen-bond acceptors (Lipinski definition) is 6. The van der Waals surface area contributed by atoms with Crippen molar-refractivity contribution in [1.82, 2.24) is 9.80 Å². The molecule has 2 unspecified atom stereocenters. The number of methoxy groups -OCH3 is 1. The van der Waals surface area contributed by atoms with Gasteiger partial charge in [0.2, 0.25) is 0 Å². The van der Waals surface area contributed by atoms with E-state index in [2.05, 4.69) is 0 Å². The summed E-state index contributed by atoms with van der Waals surface area (Å²) >= 11 is 23.8. The molecule has 1 N–H and O–H groups in total. The van der Waals surface area contributed by atoms with Crippen molar-refractivity contribution in [2.75, 3.05) is 33.3 Å². The largest absolute Gasteiger partial charge is 0.444 e. The smallest absolute Gasteiger partial charge is 0.410 e. The third-order valence-corrected chi connectivity index (χ3v) is 8.29. The molecule has 0 aromatic heterocycles. The summed E-state index contributed by atoms with van der Waals surface area (Å²) in [7, 11) is 1.66. The van der Waals surface area contributed by atoms with Crippen molar-refractivity contribution in [3.8, 4) is 0 Å². The van der Waals surface area contributed by atoms with Crippen molar-refractivity contribution in [2.45, 2.75) is 65.0 Å². The Morgan fingerprint density at radius 3 is 1.51 bits per heavy atom. The number of likely N-dealkylation sites (tertiary alicyclic amines) is 2. The van der Waals surface area contributed by atoms with Gasteiger partial charge in [0.1, 0.15) is 11.2 Å². The summed E-state index contributed by atoms with van der Waals surface area (Å²) in [4.78, 5) is 27.0. The van der Waals surface area contributed by atoms with Gasteiger partial charge in [0.25, 0.3) is 0 Å². The standard InChI is InChI=1S/C16H21Cl2NO3.C15H19Cl2NO3/c1-16(2,3)22-15(20)19-8-11(9-19)14(21-4)10-5-6-12(17)13(18)7-10;1-15(2,3)21-14(20)18-7-10(8-18)13(19)9-4-5-11(16)12(17)6-9/h5-7,11,14H,8-9H2,1-4H3;4-6,10,13,19H,7-8H2,1-3H3. The van der Waals surface area contributed by atoms with Gasteiger partial charge in [0.15, 0.2) is 0 Å². The molecule has 2 aliphatic rings. The number of rotatable bonds is 5. The summed E-state index contributed by atoms with van der Waals surface area (Å²) in [6, 6.07) is 10.5. The number of benzene rings is 2. The molecule has 0 aliphatic carbocycles. The zero-order valence-electron chi connectivity index (χ0n) is 25.5. The minimum Gasteiger partial charge on any atom is -0.444 e. The van der Waals surface area contributed by atoms with Crippen LogP contribution in [0.3, 0.4) is 0 Å². The Hall–Kier alpha value is -1.94. The summed E-state index contributed by atoms with van der Waals surface area (Å²) < 4.78 is 16.2. The third-order valence-electron chi connectivity index (χ3n) is 6.81. The predicted molar refractivity (Wildman–Crippen MR) is 170 cm³/mol. The van der Waals surface area contributed by atoms with Crippen LogP contribution in [0.2, 0.25) is 20.1 Å². The maximum atomic E-state index is 12.0. The molecule has 4 rings (SSSR count). The lowest BCUT2D eigenvalue weighted by atomic mass is 9.89. The predicted octanol–water partition coefficient (Wildman–Crippen LogP) is 8.44. The Bertz CT molecular complexity index is 1280. The van der Waals surface area contributed by atoms with Crippen LogP contribution in [0, 0.1) is 11.8 Å². The second kappa shape index (κ2) is 14.4. The Morgan fingerprint density at radius 2 is 1.12 bits per heavy atom. The first-order chi connectivity index (χ1) is 19.9. The Labute approximate surface area is 274 Å². The average molecular weight is 678 g/mol. The van der Waals surface area contributed by atoms with Crippen LogP contribution in [-0.2, 0) is 14.2 Å². The van der Waals surface area contributed by atoms with Crippen LogP contribution >= 0.6 is 46.4 Å². The highest BCUT2D eigenvalue weighted by atomic mass is 35.5. The second-order valence-corrected chi connectivity index (χ2v) is 14.4. The quantitative estimate of drug-likeness (QED) is 0.342. The maximum Gasteiger partial charge on any atom is 0.410 e. The van der Waals surface area contributed by atoms with Crippen LogP contribution in [0.1, 0.15) is 64.9 Å². The molecular formula is C31H40Cl4N2O6. The van der Waals surface area contributed by atoms with E-state index < -0.39 is 17.3 Å². The molecule has 0 saturated carbocycles. The SMILES string of the molecule is CC(C)(C)OC(=O)N1CC(C(O)c2ccc(Cl)c(Cl)c2)C1.COC(c1ccc(Cl)c(Cl)c1)C1CN(C(=O)OC(C)(C)C)C1. The summed E-state index contributed by atoms with van der Waals surface area (Å²) in [5, 5.41) is 12.2. The number of carbonyl (C=O) groups is 2. The van der Waals surface area contributed by atoms with Gasteiger partial charge in [-0.2, -0.15) is 0 Å². The molecule has 2 atom stereocenters. The Kier molecular flexibility index (Phi) is 11.9. The third kappa shape index (κ3) is 10.0. The van der Waals surface area contributed by atoms with Crippen LogP contribution in [0.5, 0.6) is 0 Å². The molecule has 8 nitrogen and oxygen atoms in total. The molecule has 0 radical (unpaired) electrons. The normalized spacial score (nSPS) is 17.2. The lowest BCUT2D eigenvalue weighted by Crippen LogP contribution is -2.53. The van der Waals surface area contributed by atoms with Gasteiger partial charge in [-0.25, -0.2) is 9.59 Å². The summed E-state index contributed by atoms with van der Waals surface area (Å²) in [6.07, 6.45) is -1.42. The molecule has 0 spiro atoms. The fourth-order valence-corrected chi connectivity index (χ4v) is 5.24. The first kappa shape index (κ1) is 35.5. The van der Waals surface area contributed by atoms with E-state index in [1.807, 2.05) is 53.7 Å². The van der Waals surface area contributed by atoms with E-state index in [-0.39, 0.29) is 30.1 Å². The lowest BCUT2D eigenvalue weighted by Gasteiger charge is -2.43. The van der Waals surface area contributed by atoms with Gasteiger partial charge in [-0.3, -0.25) is 0 Å². The van der Waals surface area contributed by atoms with Gasteiger partial charge in [0.05, 0.1) is 32.3 Å². The first-order valence-corrected chi connectivity index (χ1v) is 15.5.